The van der Waals surface area contributed by atoms with Crippen LogP contribution in [-0.2, 0) is 4.79 Å². The van der Waals surface area contributed by atoms with E-state index < -0.39 is 11.9 Å². The topological polar surface area (TPSA) is 75.6 Å². The second kappa shape index (κ2) is 9.08. The maximum Gasteiger partial charge on any atom is 0.352 e. The highest BCUT2D eigenvalue weighted by Crippen LogP contribution is 2.32. The summed E-state index contributed by atoms with van der Waals surface area (Å²) in [6, 6.07) is 21.1. The lowest BCUT2D eigenvalue weighted by Gasteiger charge is -2.11. The van der Waals surface area contributed by atoms with Gasteiger partial charge in [-0.2, -0.15) is 0 Å². The van der Waals surface area contributed by atoms with E-state index >= 15 is 0 Å². The molecule has 0 aliphatic heterocycles. The molecule has 0 aliphatic carbocycles. The van der Waals surface area contributed by atoms with Crippen molar-refractivity contribution in [1.29, 1.82) is 0 Å². The zero-order chi connectivity index (χ0) is 20.8. The summed E-state index contributed by atoms with van der Waals surface area (Å²) < 4.78 is 5.35. The van der Waals surface area contributed by atoms with E-state index in [1.165, 1.54) is 13.2 Å². The van der Waals surface area contributed by atoms with Crippen molar-refractivity contribution in [3.63, 3.8) is 0 Å². The Bertz CT molecular complexity index is 1080. The fourth-order valence-electron chi connectivity index (χ4n) is 2.80. The lowest BCUT2D eigenvalue weighted by atomic mass is 10.0. The van der Waals surface area contributed by atoms with Gasteiger partial charge in [-0.3, -0.25) is 4.79 Å². The molecule has 3 rings (SSSR count). The first-order valence-corrected chi connectivity index (χ1v) is 9.11. The molecular formula is C23H18ClNO4. The minimum atomic E-state index is -1.26. The fourth-order valence-corrected chi connectivity index (χ4v) is 3.05. The molecule has 0 unspecified atom stereocenters. The summed E-state index contributed by atoms with van der Waals surface area (Å²) in [5.41, 5.74) is 2.18. The van der Waals surface area contributed by atoms with Crippen molar-refractivity contribution in [3.05, 3.63) is 94.6 Å². The predicted molar refractivity (Wildman–Crippen MR) is 113 cm³/mol. The number of rotatable bonds is 6. The number of carboxylic acids is 1. The first-order valence-electron chi connectivity index (χ1n) is 8.74. The molecule has 2 N–H and O–H groups in total. The summed E-state index contributed by atoms with van der Waals surface area (Å²) in [5, 5.41) is 12.6. The highest BCUT2D eigenvalue weighted by atomic mass is 35.5. The van der Waals surface area contributed by atoms with Crippen molar-refractivity contribution < 1.29 is 19.4 Å². The molecule has 0 radical (unpaired) electrons. The number of hydrogen-bond acceptors (Lipinski definition) is 3. The molecule has 0 saturated heterocycles. The zero-order valence-electron chi connectivity index (χ0n) is 15.6. The average Bonchev–Trinajstić information content (AvgIpc) is 2.74. The SMILES string of the molecule is COc1ccc(-c2ccccc2Cl)cc1/C=C(\NC(=O)c1ccccc1)C(=O)O. The summed E-state index contributed by atoms with van der Waals surface area (Å²) in [5.74, 6) is -1.31. The van der Waals surface area contributed by atoms with E-state index in [9.17, 15) is 14.7 Å². The van der Waals surface area contributed by atoms with Crippen LogP contribution in [0.25, 0.3) is 17.2 Å². The number of carbonyl (C=O) groups is 2. The number of ether oxygens (including phenoxy) is 1. The quantitative estimate of drug-likeness (QED) is 0.571. The third kappa shape index (κ3) is 4.83. The van der Waals surface area contributed by atoms with Crippen molar-refractivity contribution in [2.24, 2.45) is 0 Å². The Labute approximate surface area is 173 Å². The molecule has 3 aromatic rings. The van der Waals surface area contributed by atoms with Crippen molar-refractivity contribution in [3.8, 4) is 16.9 Å². The molecular weight excluding hydrogens is 390 g/mol. The van der Waals surface area contributed by atoms with Crippen LogP contribution in [-0.4, -0.2) is 24.1 Å². The fraction of sp³-hybridized carbons (Fsp3) is 0.0435. The minimum absolute atomic E-state index is 0.270. The maximum absolute atomic E-state index is 12.4. The summed E-state index contributed by atoms with van der Waals surface area (Å²) in [7, 11) is 1.49. The first kappa shape index (κ1) is 20.2. The van der Waals surface area contributed by atoms with Crippen LogP contribution in [0.4, 0.5) is 0 Å². The van der Waals surface area contributed by atoms with Crippen molar-refractivity contribution in [2.75, 3.05) is 7.11 Å². The maximum atomic E-state index is 12.4. The number of carbonyl (C=O) groups excluding carboxylic acids is 1. The number of carboxylic acid groups (broad SMARTS) is 1. The Kier molecular flexibility index (Phi) is 6.32. The number of halogens is 1. The highest BCUT2D eigenvalue weighted by Gasteiger charge is 2.15. The summed E-state index contributed by atoms with van der Waals surface area (Å²) in [4.78, 5) is 24.1. The summed E-state index contributed by atoms with van der Waals surface area (Å²) in [6.45, 7) is 0. The Morgan fingerprint density at radius 2 is 1.69 bits per heavy atom. The van der Waals surface area contributed by atoms with E-state index in [4.69, 9.17) is 16.3 Å². The molecule has 0 saturated carbocycles. The number of methoxy groups -OCH3 is 1. The van der Waals surface area contributed by atoms with E-state index in [0.29, 0.717) is 21.9 Å². The number of nitrogens with one attached hydrogen (secondary N) is 1. The normalized spacial score (nSPS) is 11.0. The van der Waals surface area contributed by atoms with Gasteiger partial charge in [0.25, 0.3) is 5.91 Å². The van der Waals surface area contributed by atoms with Gasteiger partial charge in [0.1, 0.15) is 11.4 Å². The van der Waals surface area contributed by atoms with Gasteiger partial charge in [0.2, 0.25) is 0 Å². The van der Waals surface area contributed by atoms with E-state index in [0.717, 1.165) is 11.1 Å². The molecule has 6 heteroatoms. The smallest absolute Gasteiger partial charge is 0.352 e. The van der Waals surface area contributed by atoms with Gasteiger partial charge in [-0.1, -0.05) is 54.1 Å². The van der Waals surface area contributed by atoms with Crippen molar-refractivity contribution >= 4 is 29.6 Å². The van der Waals surface area contributed by atoms with Crippen LogP contribution < -0.4 is 10.1 Å². The first-order chi connectivity index (χ1) is 14.0. The molecule has 146 valence electrons. The standard InChI is InChI=1S/C23H18ClNO4/c1-29-21-12-11-16(18-9-5-6-10-19(18)24)13-17(21)14-20(23(27)28)25-22(26)15-7-3-2-4-8-15/h2-14H,1H3,(H,25,26)(H,27,28)/b20-14-. The highest BCUT2D eigenvalue weighted by molar-refractivity contribution is 6.33. The van der Waals surface area contributed by atoms with Gasteiger partial charge in [0, 0.05) is 21.7 Å². The third-order valence-corrected chi connectivity index (χ3v) is 4.56. The van der Waals surface area contributed by atoms with E-state index in [-0.39, 0.29) is 5.70 Å². The van der Waals surface area contributed by atoms with Gasteiger partial charge in [-0.15, -0.1) is 0 Å². The average molecular weight is 408 g/mol. The molecule has 0 atom stereocenters. The molecule has 0 bridgehead atoms. The molecule has 5 nitrogen and oxygen atoms in total. The molecule has 0 aliphatic rings. The van der Waals surface area contributed by atoms with Gasteiger partial charge in [0.05, 0.1) is 7.11 Å². The van der Waals surface area contributed by atoms with Crippen LogP contribution in [0.5, 0.6) is 5.75 Å². The van der Waals surface area contributed by atoms with E-state index in [1.807, 2.05) is 24.3 Å². The summed E-state index contributed by atoms with van der Waals surface area (Å²) in [6.07, 6.45) is 1.36. The molecule has 3 aromatic carbocycles. The third-order valence-electron chi connectivity index (χ3n) is 4.23. The van der Waals surface area contributed by atoms with Gasteiger partial charge in [0.15, 0.2) is 0 Å². The van der Waals surface area contributed by atoms with Crippen LogP contribution >= 0.6 is 11.6 Å². The number of benzene rings is 3. The molecule has 0 spiro atoms. The zero-order valence-corrected chi connectivity index (χ0v) is 16.3. The van der Waals surface area contributed by atoms with Crippen molar-refractivity contribution in [2.45, 2.75) is 0 Å². The van der Waals surface area contributed by atoms with Gasteiger partial charge in [-0.25, -0.2) is 4.79 Å². The molecule has 0 heterocycles. The molecule has 0 fully saturated rings. The second-order valence-electron chi connectivity index (χ2n) is 6.12. The molecule has 29 heavy (non-hydrogen) atoms. The predicted octanol–water partition coefficient (Wildman–Crippen LogP) is 4.87. The number of hydrogen-bond donors (Lipinski definition) is 2. The Balaban J connectivity index is 2.00. The monoisotopic (exact) mass is 407 g/mol. The van der Waals surface area contributed by atoms with Crippen LogP contribution in [0.15, 0.2) is 78.5 Å². The largest absolute Gasteiger partial charge is 0.496 e. The van der Waals surface area contributed by atoms with Crippen LogP contribution in [0.3, 0.4) is 0 Å². The van der Waals surface area contributed by atoms with Gasteiger partial charge >= 0.3 is 5.97 Å². The Morgan fingerprint density at radius 1 is 1.00 bits per heavy atom. The molecule has 0 aromatic heterocycles. The van der Waals surface area contributed by atoms with Crippen LogP contribution in [0.2, 0.25) is 5.02 Å². The molecule has 1 amide bonds. The number of amides is 1. The summed E-state index contributed by atoms with van der Waals surface area (Å²) >= 11 is 6.28. The lowest BCUT2D eigenvalue weighted by molar-refractivity contribution is -0.132. The van der Waals surface area contributed by atoms with Gasteiger partial charge in [-0.05, 0) is 42.0 Å². The Morgan fingerprint density at radius 3 is 2.34 bits per heavy atom. The number of aliphatic carboxylic acids is 1. The minimum Gasteiger partial charge on any atom is -0.496 e. The van der Waals surface area contributed by atoms with Crippen molar-refractivity contribution in [1.82, 2.24) is 5.32 Å². The second-order valence-corrected chi connectivity index (χ2v) is 6.53. The van der Waals surface area contributed by atoms with E-state index in [2.05, 4.69) is 5.32 Å². The van der Waals surface area contributed by atoms with Gasteiger partial charge < -0.3 is 15.2 Å². The Hall–Kier alpha value is -3.57. The van der Waals surface area contributed by atoms with Crippen LogP contribution in [0.1, 0.15) is 15.9 Å². The van der Waals surface area contributed by atoms with Crippen LogP contribution in [0, 0.1) is 0 Å². The van der Waals surface area contributed by atoms with E-state index in [1.54, 1.807) is 48.5 Å². The lowest BCUT2D eigenvalue weighted by Crippen LogP contribution is -2.27.